The van der Waals surface area contributed by atoms with Crippen molar-refractivity contribution in [3.63, 3.8) is 0 Å². The van der Waals surface area contributed by atoms with E-state index >= 15 is 0 Å². The second kappa shape index (κ2) is 8.52. The average molecular weight is 464 g/mol. The lowest BCUT2D eigenvalue weighted by Crippen LogP contribution is -2.70. The molecule has 0 aromatic rings. The number of ether oxygens (including phenoxy) is 1. The molecule has 2 rings (SSSR count). The van der Waals surface area contributed by atoms with Crippen molar-refractivity contribution in [2.24, 2.45) is 5.18 Å². The van der Waals surface area contributed by atoms with Gasteiger partial charge < -0.3 is 20.3 Å². The van der Waals surface area contributed by atoms with E-state index in [9.17, 15) is 34.3 Å². The first kappa shape index (κ1) is 20.9. The van der Waals surface area contributed by atoms with Crippen LogP contribution in [0.15, 0.2) is 27.9 Å². The monoisotopic (exact) mass is 463 g/mol. The van der Waals surface area contributed by atoms with Crippen molar-refractivity contribution in [1.29, 1.82) is 0 Å². The number of alkyl halides is 1. The van der Waals surface area contributed by atoms with Gasteiger partial charge in [-0.2, -0.15) is 0 Å². The van der Waals surface area contributed by atoms with Gasteiger partial charge in [0, 0.05) is 18.2 Å². The molecular weight excluding hydrogens is 450 g/mol. The van der Waals surface area contributed by atoms with Gasteiger partial charge in [-0.05, 0) is 5.18 Å². The van der Waals surface area contributed by atoms with E-state index in [0.29, 0.717) is 0 Å². The molecule has 0 saturated carbocycles. The summed E-state index contributed by atoms with van der Waals surface area (Å²) in [4.78, 5) is 58.7. The second-order valence-electron chi connectivity index (χ2n) is 5.42. The highest BCUT2D eigenvalue weighted by Gasteiger charge is 2.54. The fourth-order valence-corrected chi connectivity index (χ4v) is 4.07. The summed E-state index contributed by atoms with van der Waals surface area (Å²) in [5.74, 6) is -4.15. The Morgan fingerprint density at radius 1 is 1.41 bits per heavy atom. The van der Waals surface area contributed by atoms with Crippen LogP contribution in [0, 0.1) is 4.91 Å². The molecule has 11 nitrogen and oxygen atoms in total. The van der Waals surface area contributed by atoms with Gasteiger partial charge in [-0.15, -0.1) is 16.7 Å². The zero-order valence-electron chi connectivity index (χ0n) is 13.8. The van der Waals surface area contributed by atoms with Crippen LogP contribution in [-0.2, 0) is 23.9 Å². The van der Waals surface area contributed by atoms with Gasteiger partial charge in [0.15, 0.2) is 0 Å². The lowest BCUT2D eigenvalue weighted by atomic mass is 10.0. The lowest BCUT2D eigenvalue weighted by molar-refractivity contribution is -0.150. The number of amides is 2. The molecule has 13 heteroatoms. The Balaban J connectivity index is 2.20. The van der Waals surface area contributed by atoms with Gasteiger partial charge in [0.05, 0.1) is 5.33 Å². The number of aliphatic hydroxyl groups is 1. The van der Waals surface area contributed by atoms with Crippen LogP contribution in [0.5, 0.6) is 0 Å². The number of halogens is 1. The highest BCUT2D eigenvalue weighted by atomic mass is 79.9. The molecule has 2 aliphatic heterocycles. The molecule has 146 valence electrons. The van der Waals surface area contributed by atoms with Crippen molar-refractivity contribution in [2.45, 2.75) is 18.3 Å². The molecule has 0 aromatic heterocycles. The number of hydrogen-bond acceptors (Lipinski definition) is 9. The summed E-state index contributed by atoms with van der Waals surface area (Å²) in [6, 6.07) is -1.09. The normalized spacial score (nSPS) is 22.3. The first-order valence-corrected chi connectivity index (χ1v) is 9.55. The number of esters is 1. The van der Waals surface area contributed by atoms with E-state index < -0.39 is 46.6 Å². The molecule has 1 saturated heterocycles. The van der Waals surface area contributed by atoms with Crippen molar-refractivity contribution < 1.29 is 34.1 Å². The van der Waals surface area contributed by atoms with Crippen LogP contribution < -0.4 is 5.32 Å². The highest BCUT2D eigenvalue weighted by Crippen LogP contribution is 2.40. The molecule has 0 aromatic carbocycles. The number of nitrogens with one attached hydrogen (secondary N) is 1. The Kier molecular flexibility index (Phi) is 6.59. The maximum Gasteiger partial charge on any atom is 0.352 e. The molecule has 1 unspecified atom stereocenters. The summed E-state index contributed by atoms with van der Waals surface area (Å²) in [5, 5.41) is 22.7. The molecule has 27 heavy (non-hydrogen) atoms. The Labute approximate surface area is 164 Å². The molecule has 2 heterocycles. The second-order valence-corrected chi connectivity index (χ2v) is 7.08. The van der Waals surface area contributed by atoms with E-state index in [2.05, 4.69) is 26.4 Å². The van der Waals surface area contributed by atoms with E-state index in [4.69, 9.17) is 4.74 Å². The van der Waals surface area contributed by atoms with Crippen molar-refractivity contribution in [2.75, 3.05) is 17.7 Å². The van der Waals surface area contributed by atoms with Crippen LogP contribution in [0.1, 0.15) is 6.92 Å². The standard InChI is InChI=1S/C14H14BrN3O8S/c1-5(19)26-3-6-4-27-13-9(12(22)18(13)10(6)14(23)24)16-11(21)8(17-25)7(20)2-15/h9,13,20H,2-4H2,1H3,(H,16,21)(H,23,24)/t9?,13-/m0/s1. The molecule has 2 aliphatic rings. The van der Waals surface area contributed by atoms with Gasteiger partial charge in [-0.25, -0.2) is 4.79 Å². The van der Waals surface area contributed by atoms with Gasteiger partial charge in [0.1, 0.15) is 29.5 Å². The third-order valence-corrected chi connectivity index (χ3v) is 5.56. The number of carbonyl (C=O) groups is 4. The Bertz CT molecular complexity index is 780. The van der Waals surface area contributed by atoms with Gasteiger partial charge in [0.2, 0.25) is 5.70 Å². The number of carboxylic acids is 1. The van der Waals surface area contributed by atoms with Crippen LogP contribution >= 0.6 is 27.7 Å². The van der Waals surface area contributed by atoms with Crippen molar-refractivity contribution in [1.82, 2.24) is 10.2 Å². The number of rotatable bonds is 7. The number of aliphatic hydroxyl groups excluding tert-OH is 1. The van der Waals surface area contributed by atoms with E-state index in [1.807, 2.05) is 0 Å². The van der Waals surface area contributed by atoms with Gasteiger partial charge >= 0.3 is 11.9 Å². The fourth-order valence-electron chi connectivity index (χ4n) is 2.48. The molecule has 0 radical (unpaired) electrons. The van der Waals surface area contributed by atoms with E-state index in [1.165, 1.54) is 6.92 Å². The van der Waals surface area contributed by atoms with Gasteiger partial charge in [-0.3, -0.25) is 19.3 Å². The third kappa shape index (κ3) is 4.13. The predicted molar refractivity (Wildman–Crippen MR) is 95.6 cm³/mol. The number of aliphatic carboxylic acids is 1. The minimum atomic E-state index is -1.37. The number of fused-ring (bicyclic) bond motifs is 1. The zero-order chi connectivity index (χ0) is 20.3. The molecule has 1 fully saturated rings. The number of β-lactam (4-membered cyclic amide) rings is 1. The molecule has 0 spiro atoms. The zero-order valence-corrected chi connectivity index (χ0v) is 16.2. The van der Waals surface area contributed by atoms with Crippen LogP contribution in [-0.4, -0.2) is 68.0 Å². The van der Waals surface area contributed by atoms with Crippen molar-refractivity contribution in [3.05, 3.63) is 27.6 Å². The smallest absolute Gasteiger partial charge is 0.352 e. The number of carboxylic acid groups (broad SMARTS) is 1. The topological polar surface area (TPSA) is 163 Å². The van der Waals surface area contributed by atoms with Gasteiger partial charge in [-0.1, -0.05) is 15.9 Å². The molecule has 3 N–H and O–H groups in total. The predicted octanol–water partition coefficient (Wildman–Crippen LogP) is 0.219. The minimum absolute atomic E-state index is 0.164. The largest absolute Gasteiger partial charge is 0.509 e. The number of hydrogen-bond donors (Lipinski definition) is 3. The summed E-state index contributed by atoms with van der Waals surface area (Å²) in [5.41, 5.74) is -0.823. The number of nitrogens with zero attached hydrogens (tertiary/aromatic N) is 2. The molecule has 2 atom stereocenters. The van der Waals surface area contributed by atoms with Crippen LogP contribution in [0.3, 0.4) is 0 Å². The Morgan fingerprint density at radius 2 is 2.07 bits per heavy atom. The maximum atomic E-state index is 12.4. The number of nitroso groups, excluding NO2 is 1. The van der Waals surface area contributed by atoms with Crippen molar-refractivity contribution >= 4 is 51.4 Å². The number of allylic oxidation sites excluding steroid dienone is 1. The SMILES string of the molecule is CC(=O)OCC1=C(C(=O)O)N2C(=O)C(NC(=O)C(N=O)=C(O)CBr)[C@@H]2SC1. The van der Waals surface area contributed by atoms with Gasteiger partial charge in [0.25, 0.3) is 11.8 Å². The first-order chi connectivity index (χ1) is 12.7. The molecule has 2 amide bonds. The lowest BCUT2D eigenvalue weighted by Gasteiger charge is -2.49. The number of carbonyl (C=O) groups excluding carboxylic acids is 3. The Morgan fingerprint density at radius 3 is 2.59 bits per heavy atom. The summed E-state index contributed by atoms with van der Waals surface area (Å²) in [6.45, 7) is 0.910. The van der Waals surface area contributed by atoms with E-state index in [0.717, 1.165) is 16.7 Å². The number of thioether (sulfide) groups is 1. The fraction of sp³-hybridized carbons (Fsp3) is 0.429. The minimum Gasteiger partial charge on any atom is -0.509 e. The quantitative estimate of drug-likeness (QED) is 0.119. The molecule has 0 aliphatic carbocycles. The molecular formula is C14H14BrN3O8S. The summed E-state index contributed by atoms with van der Waals surface area (Å²) < 4.78 is 4.81. The van der Waals surface area contributed by atoms with E-state index in [-0.39, 0.29) is 29.0 Å². The van der Waals surface area contributed by atoms with E-state index in [1.54, 1.807) is 0 Å². The van der Waals surface area contributed by atoms with Crippen molar-refractivity contribution in [3.8, 4) is 0 Å². The van der Waals surface area contributed by atoms with Crippen LogP contribution in [0.2, 0.25) is 0 Å². The van der Waals surface area contributed by atoms with Crippen LogP contribution in [0.4, 0.5) is 0 Å². The van der Waals surface area contributed by atoms with Crippen LogP contribution in [0.25, 0.3) is 0 Å². The third-order valence-electron chi connectivity index (χ3n) is 3.69. The average Bonchev–Trinajstić information content (AvgIpc) is 2.63. The first-order valence-electron chi connectivity index (χ1n) is 7.38. The highest BCUT2D eigenvalue weighted by molar-refractivity contribution is 9.09. The molecule has 0 bridgehead atoms. The summed E-state index contributed by atoms with van der Waals surface area (Å²) in [6.07, 6.45) is 0. The summed E-state index contributed by atoms with van der Waals surface area (Å²) in [7, 11) is 0. The maximum absolute atomic E-state index is 12.4. The summed E-state index contributed by atoms with van der Waals surface area (Å²) >= 11 is 4.03. The Hall–Kier alpha value is -2.41.